The first kappa shape index (κ1) is 14.2. The van der Waals surface area contributed by atoms with Gasteiger partial charge in [-0.05, 0) is 48.5 Å². The highest BCUT2D eigenvalue weighted by Gasteiger charge is 2.12. The van der Waals surface area contributed by atoms with E-state index in [1.165, 1.54) is 0 Å². The van der Waals surface area contributed by atoms with Crippen LogP contribution in [0.3, 0.4) is 0 Å². The molecule has 1 heterocycles. The fourth-order valence-electron chi connectivity index (χ4n) is 2.66. The van der Waals surface area contributed by atoms with Crippen molar-refractivity contribution in [3.8, 4) is 11.4 Å². The van der Waals surface area contributed by atoms with Gasteiger partial charge in [-0.2, -0.15) is 0 Å². The molecule has 0 saturated carbocycles. The summed E-state index contributed by atoms with van der Waals surface area (Å²) in [6.45, 7) is 0. The van der Waals surface area contributed by atoms with Gasteiger partial charge in [-0.15, -0.1) is 0 Å². The highest BCUT2D eigenvalue weighted by atomic mass is 16.1. The van der Waals surface area contributed by atoms with E-state index in [4.69, 9.17) is 0 Å². The molecule has 24 heavy (non-hydrogen) atoms. The molecule has 0 atom stereocenters. The molecule has 0 aliphatic rings. The monoisotopic (exact) mass is 314 g/mol. The number of carbonyl (C=O) groups is 1. The SMILES string of the molecule is O=C(Nc1ccc(-c2[nH]c3ccccc3[nH+]2)cc1)c1ccccc1. The Kier molecular flexibility index (Phi) is 3.56. The van der Waals surface area contributed by atoms with Gasteiger partial charge in [0.05, 0.1) is 5.56 Å². The van der Waals surface area contributed by atoms with Crippen LogP contribution in [-0.2, 0) is 0 Å². The quantitative estimate of drug-likeness (QED) is 0.592. The van der Waals surface area contributed by atoms with E-state index in [0.717, 1.165) is 28.1 Å². The van der Waals surface area contributed by atoms with E-state index in [0.29, 0.717) is 5.56 Å². The molecule has 1 amide bonds. The molecule has 0 bridgehead atoms. The van der Waals surface area contributed by atoms with Crippen LogP contribution in [0, 0.1) is 0 Å². The van der Waals surface area contributed by atoms with E-state index >= 15 is 0 Å². The lowest BCUT2D eigenvalue weighted by Gasteiger charge is -2.05. The molecular weight excluding hydrogens is 298 g/mol. The maximum Gasteiger partial charge on any atom is 0.285 e. The van der Waals surface area contributed by atoms with Crippen molar-refractivity contribution in [2.75, 3.05) is 5.32 Å². The summed E-state index contributed by atoms with van der Waals surface area (Å²) < 4.78 is 0. The number of amides is 1. The van der Waals surface area contributed by atoms with E-state index in [1.807, 2.05) is 66.7 Å². The summed E-state index contributed by atoms with van der Waals surface area (Å²) in [6, 6.07) is 25.0. The number of anilines is 1. The zero-order valence-corrected chi connectivity index (χ0v) is 12.9. The molecule has 3 N–H and O–H groups in total. The summed E-state index contributed by atoms with van der Waals surface area (Å²) >= 11 is 0. The topological polar surface area (TPSA) is 59.0 Å². The van der Waals surface area contributed by atoms with Gasteiger partial charge in [0.15, 0.2) is 11.0 Å². The number of fused-ring (bicyclic) bond motifs is 1. The molecule has 0 aliphatic heterocycles. The molecule has 0 radical (unpaired) electrons. The summed E-state index contributed by atoms with van der Waals surface area (Å²) in [6.07, 6.45) is 0. The maximum absolute atomic E-state index is 12.2. The average molecular weight is 314 g/mol. The van der Waals surface area contributed by atoms with Crippen molar-refractivity contribution in [3.63, 3.8) is 0 Å². The standard InChI is InChI=1S/C20H15N3O/c24-20(15-6-2-1-3-7-15)21-16-12-10-14(11-13-16)19-22-17-8-4-5-9-18(17)23-19/h1-13H,(H,21,24)(H,22,23)/p+1. The van der Waals surface area contributed by atoms with Crippen molar-refractivity contribution < 1.29 is 9.78 Å². The third-order valence-electron chi connectivity index (χ3n) is 3.91. The lowest BCUT2D eigenvalue weighted by molar-refractivity contribution is -0.330. The Labute approximate surface area is 139 Å². The van der Waals surface area contributed by atoms with Gasteiger partial charge in [0, 0.05) is 11.3 Å². The second kappa shape index (κ2) is 6.01. The van der Waals surface area contributed by atoms with Crippen molar-refractivity contribution in [1.82, 2.24) is 4.98 Å². The Bertz CT molecular complexity index is 955. The summed E-state index contributed by atoms with van der Waals surface area (Å²) in [4.78, 5) is 18.9. The number of para-hydroxylation sites is 2. The van der Waals surface area contributed by atoms with Crippen molar-refractivity contribution >= 4 is 22.6 Å². The molecule has 1 aromatic heterocycles. The lowest BCUT2D eigenvalue weighted by atomic mass is 10.1. The molecule has 4 aromatic rings. The number of benzene rings is 3. The van der Waals surface area contributed by atoms with Crippen molar-refractivity contribution in [2.24, 2.45) is 0 Å². The number of hydrogen-bond acceptors (Lipinski definition) is 1. The molecule has 4 nitrogen and oxygen atoms in total. The molecule has 0 unspecified atom stereocenters. The van der Waals surface area contributed by atoms with Gasteiger partial charge in [-0.25, -0.2) is 9.97 Å². The number of H-pyrrole nitrogens is 2. The van der Waals surface area contributed by atoms with Crippen LogP contribution in [-0.4, -0.2) is 10.9 Å². The van der Waals surface area contributed by atoms with Crippen LogP contribution in [0.5, 0.6) is 0 Å². The van der Waals surface area contributed by atoms with Crippen molar-refractivity contribution in [1.29, 1.82) is 0 Å². The van der Waals surface area contributed by atoms with Gasteiger partial charge >= 0.3 is 0 Å². The molecular formula is C20H16N3O+. The highest BCUT2D eigenvalue weighted by molar-refractivity contribution is 6.04. The second-order valence-electron chi connectivity index (χ2n) is 5.57. The fourth-order valence-corrected chi connectivity index (χ4v) is 2.66. The third kappa shape index (κ3) is 2.77. The minimum Gasteiger partial charge on any atom is -0.322 e. The van der Waals surface area contributed by atoms with Crippen molar-refractivity contribution in [3.05, 3.63) is 84.4 Å². The molecule has 0 aliphatic carbocycles. The fraction of sp³-hybridized carbons (Fsp3) is 0. The maximum atomic E-state index is 12.2. The van der Waals surface area contributed by atoms with Gasteiger partial charge in [-0.1, -0.05) is 30.3 Å². The first-order chi connectivity index (χ1) is 11.8. The second-order valence-corrected chi connectivity index (χ2v) is 5.57. The van der Waals surface area contributed by atoms with Gasteiger partial charge < -0.3 is 5.32 Å². The first-order valence-electron chi connectivity index (χ1n) is 7.76. The van der Waals surface area contributed by atoms with E-state index in [2.05, 4.69) is 15.3 Å². The molecule has 4 heteroatoms. The van der Waals surface area contributed by atoms with Gasteiger partial charge in [0.25, 0.3) is 11.7 Å². The minimum atomic E-state index is -0.111. The van der Waals surface area contributed by atoms with Crippen molar-refractivity contribution in [2.45, 2.75) is 0 Å². The average Bonchev–Trinajstić information content (AvgIpc) is 3.07. The summed E-state index contributed by atoms with van der Waals surface area (Å²) in [5.41, 5.74) is 4.57. The van der Waals surface area contributed by atoms with Crippen LogP contribution in [0.15, 0.2) is 78.9 Å². The van der Waals surface area contributed by atoms with Crippen LogP contribution in [0.25, 0.3) is 22.4 Å². The van der Waals surface area contributed by atoms with Crippen LogP contribution in [0.1, 0.15) is 10.4 Å². The molecule has 0 saturated heterocycles. The van der Waals surface area contributed by atoms with E-state index in [9.17, 15) is 4.79 Å². The molecule has 4 rings (SSSR count). The normalized spacial score (nSPS) is 10.7. The van der Waals surface area contributed by atoms with Crippen LogP contribution in [0.4, 0.5) is 5.69 Å². The Morgan fingerprint density at radius 3 is 2.29 bits per heavy atom. The Morgan fingerprint density at radius 1 is 0.833 bits per heavy atom. The third-order valence-corrected chi connectivity index (χ3v) is 3.91. The number of nitrogens with one attached hydrogen (secondary N) is 3. The highest BCUT2D eigenvalue weighted by Crippen LogP contribution is 2.19. The Morgan fingerprint density at radius 2 is 1.54 bits per heavy atom. The predicted octanol–water partition coefficient (Wildman–Crippen LogP) is 3.90. The molecule has 0 fully saturated rings. The number of aromatic nitrogens is 2. The molecule has 3 aromatic carbocycles. The molecule has 0 spiro atoms. The number of imidazole rings is 1. The van der Waals surface area contributed by atoms with E-state index in [1.54, 1.807) is 12.1 Å². The zero-order valence-electron chi connectivity index (χ0n) is 12.9. The number of hydrogen-bond donors (Lipinski definition) is 2. The van der Waals surface area contributed by atoms with Crippen LogP contribution < -0.4 is 10.3 Å². The smallest absolute Gasteiger partial charge is 0.285 e. The summed E-state index contributed by atoms with van der Waals surface area (Å²) in [7, 11) is 0. The number of aromatic amines is 2. The minimum absolute atomic E-state index is 0.111. The number of rotatable bonds is 3. The van der Waals surface area contributed by atoms with Crippen LogP contribution in [0.2, 0.25) is 0 Å². The summed E-state index contributed by atoms with van der Waals surface area (Å²) in [5, 5.41) is 2.90. The van der Waals surface area contributed by atoms with Crippen LogP contribution >= 0.6 is 0 Å². The zero-order chi connectivity index (χ0) is 16.4. The van der Waals surface area contributed by atoms with E-state index < -0.39 is 0 Å². The van der Waals surface area contributed by atoms with Gasteiger partial charge in [-0.3, -0.25) is 4.79 Å². The number of carbonyl (C=O) groups excluding carboxylic acids is 1. The van der Waals surface area contributed by atoms with E-state index in [-0.39, 0.29) is 5.91 Å². The Hall–Kier alpha value is -3.40. The Balaban J connectivity index is 1.55. The first-order valence-corrected chi connectivity index (χ1v) is 7.76. The lowest BCUT2D eigenvalue weighted by Crippen LogP contribution is -2.11. The van der Waals surface area contributed by atoms with Gasteiger partial charge in [0.2, 0.25) is 0 Å². The predicted molar refractivity (Wildman–Crippen MR) is 94.7 cm³/mol. The molecule has 116 valence electrons. The summed E-state index contributed by atoms with van der Waals surface area (Å²) in [5.74, 6) is 0.831. The van der Waals surface area contributed by atoms with Gasteiger partial charge in [0.1, 0.15) is 0 Å². The largest absolute Gasteiger partial charge is 0.322 e.